The predicted octanol–water partition coefficient (Wildman–Crippen LogP) is 2.09. The summed E-state index contributed by atoms with van der Waals surface area (Å²) in [4.78, 5) is 23.2. The van der Waals surface area contributed by atoms with Crippen LogP contribution in [0.5, 0.6) is 0 Å². The normalized spacial score (nSPS) is 18.6. The van der Waals surface area contributed by atoms with E-state index < -0.39 is 0 Å². The molecule has 7 nitrogen and oxygen atoms in total. The van der Waals surface area contributed by atoms with Gasteiger partial charge in [-0.25, -0.2) is 4.98 Å². The highest BCUT2D eigenvalue weighted by Gasteiger charge is 2.32. The maximum absolute atomic E-state index is 12.0. The summed E-state index contributed by atoms with van der Waals surface area (Å²) in [5.74, 6) is 3.11. The smallest absolute Gasteiger partial charge is 0.254 e. The molecular weight excluding hydrogens is 306 g/mol. The number of rotatable bonds is 4. The highest BCUT2D eigenvalue weighted by Crippen LogP contribution is 2.40. The van der Waals surface area contributed by atoms with Crippen molar-refractivity contribution in [3.8, 4) is 0 Å². The summed E-state index contributed by atoms with van der Waals surface area (Å²) in [5, 5.41) is 6.85. The number of aromatic nitrogens is 3. The van der Waals surface area contributed by atoms with Gasteiger partial charge in [0.2, 0.25) is 5.89 Å². The molecule has 1 amide bonds. The standard InChI is InChI=1S/C17H21N5O2/c1-18-16(23)13-3-2-8-19-15(13)22-9-6-11(7-10-22)14-20-17(24-21-14)12-4-5-12/h2-3,8,11-12H,4-7,9-10H2,1H3,(H,18,23). The van der Waals surface area contributed by atoms with Crippen molar-refractivity contribution in [2.45, 2.75) is 37.5 Å². The van der Waals surface area contributed by atoms with E-state index >= 15 is 0 Å². The number of piperidine rings is 1. The van der Waals surface area contributed by atoms with Crippen molar-refractivity contribution >= 4 is 11.7 Å². The molecule has 3 heterocycles. The molecule has 0 radical (unpaired) electrons. The molecular formula is C17H21N5O2. The molecule has 1 saturated heterocycles. The van der Waals surface area contributed by atoms with E-state index in [9.17, 15) is 4.79 Å². The third kappa shape index (κ3) is 2.86. The van der Waals surface area contributed by atoms with Crippen molar-refractivity contribution < 1.29 is 9.32 Å². The summed E-state index contributed by atoms with van der Waals surface area (Å²) in [5.41, 5.74) is 0.619. The van der Waals surface area contributed by atoms with E-state index in [1.807, 2.05) is 6.07 Å². The van der Waals surface area contributed by atoms with Crippen LogP contribution in [0.15, 0.2) is 22.9 Å². The summed E-state index contributed by atoms with van der Waals surface area (Å²) in [7, 11) is 1.64. The number of anilines is 1. The Labute approximate surface area is 140 Å². The quantitative estimate of drug-likeness (QED) is 0.925. The molecule has 2 aliphatic rings. The van der Waals surface area contributed by atoms with Gasteiger partial charge in [-0.15, -0.1) is 0 Å². The Balaban J connectivity index is 1.45. The number of amides is 1. The molecule has 2 aromatic rings. The number of hydrogen-bond acceptors (Lipinski definition) is 6. The Morgan fingerprint density at radius 3 is 2.75 bits per heavy atom. The molecule has 0 aromatic carbocycles. The molecule has 0 atom stereocenters. The molecule has 0 unspecified atom stereocenters. The van der Waals surface area contributed by atoms with Crippen LogP contribution >= 0.6 is 0 Å². The summed E-state index contributed by atoms with van der Waals surface area (Å²) in [6, 6.07) is 3.61. The van der Waals surface area contributed by atoms with Gasteiger partial charge in [-0.3, -0.25) is 4.79 Å². The van der Waals surface area contributed by atoms with Crippen molar-refractivity contribution in [1.82, 2.24) is 20.4 Å². The Morgan fingerprint density at radius 2 is 2.04 bits per heavy atom. The molecule has 2 aromatic heterocycles. The highest BCUT2D eigenvalue weighted by atomic mass is 16.5. The first kappa shape index (κ1) is 15.1. The largest absolute Gasteiger partial charge is 0.356 e. The number of hydrogen-bond donors (Lipinski definition) is 1. The second kappa shape index (κ2) is 6.22. The van der Waals surface area contributed by atoms with Crippen molar-refractivity contribution in [2.75, 3.05) is 25.0 Å². The van der Waals surface area contributed by atoms with E-state index in [0.29, 0.717) is 17.4 Å². The van der Waals surface area contributed by atoms with Crippen molar-refractivity contribution in [1.29, 1.82) is 0 Å². The number of carbonyl (C=O) groups excluding carboxylic acids is 1. The van der Waals surface area contributed by atoms with Gasteiger partial charge in [-0.1, -0.05) is 5.16 Å². The van der Waals surface area contributed by atoms with Gasteiger partial charge < -0.3 is 14.7 Å². The zero-order valence-electron chi connectivity index (χ0n) is 13.7. The lowest BCUT2D eigenvalue weighted by molar-refractivity contribution is 0.0963. The minimum atomic E-state index is -0.104. The fraction of sp³-hybridized carbons (Fsp3) is 0.529. The van der Waals surface area contributed by atoms with Crippen molar-refractivity contribution in [3.05, 3.63) is 35.6 Å². The Kier molecular flexibility index (Phi) is 3.92. The fourth-order valence-corrected chi connectivity index (χ4v) is 3.22. The summed E-state index contributed by atoms with van der Waals surface area (Å²) in [6.07, 6.45) is 5.94. The van der Waals surface area contributed by atoms with Gasteiger partial charge in [0.1, 0.15) is 5.82 Å². The zero-order chi connectivity index (χ0) is 16.5. The Morgan fingerprint density at radius 1 is 1.25 bits per heavy atom. The van der Waals surface area contributed by atoms with Crippen LogP contribution in [0.3, 0.4) is 0 Å². The van der Waals surface area contributed by atoms with E-state index in [4.69, 9.17) is 4.52 Å². The maximum atomic E-state index is 12.0. The molecule has 2 fully saturated rings. The Bertz CT molecular complexity index is 732. The fourth-order valence-electron chi connectivity index (χ4n) is 3.22. The van der Waals surface area contributed by atoms with Gasteiger partial charge in [0.05, 0.1) is 5.56 Å². The van der Waals surface area contributed by atoms with Crippen LogP contribution in [0, 0.1) is 0 Å². The highest BCUT2D eigenvalue weighted by molar-refractivity contribution is 5.98. The predicted molar refractivity (Wildman–Crippen MR) is 88.1 cm³/mol. The Hall–Kier alpha value is -2.44. The average Bonchev–Trinajstić information content (AvgIpc) is 3.38. The topological polar surface area (TPSA) is 84.2 Å². The molecule has 1 N–H and O–H groups in total. The van der Waals surface area contributed by atoms with E-state index in [-0.39, 0.29) is 5.91 Å². The number of pyridine rings is 1. The first-order valence-electron chi connectivity index (χ1n) is 8.52. The molecule has 1 aliphatic carbocycles. The summed E-state index contributed by atoms with van der Waals surface area (Å²) >= 11 is 0. The molecule has 0 spiro atoms. The summed E-state index contributed by atoms with van der Waals surface area (Å²) < 4.78 is 5.38. The van der Waals surface area contributed by atoms with Gasteiger partial charge in [-0.05, 0) is 37.8 Å². The van der Waals surface area contributed by atoms with Gasteiger partial charge in [0.15, 0.2) is 5.82 Å². The minimum absolute atomic E-state index is 0.104. The molecule has 24 heavy (non-hydrogen) atoms. The van der Waals surface area contributed by atoms with Crippen molar-refractivity contribution in [2.24, 2.45) is 0 Å². The van der Waals surface area contributed by atoms with Gasteiger partial charge >= 0.3 is 0 Å². The van der Waals surface area contributed by atoms with Crippen LogP contribution in [-0.4, -0.2) is 41.2 Å². The first-order valence-corrected chi connectivity index (χ1v) is 8.52. The molecule has 0 bridgehead atoms. The average molecular weight is 327 g/mol. The number of carbonyl (C=O) groups is 1. The monoisotopic (exact) mass is 327 g/mol. The number of nitrogens with zero attached hydrogens (tertiary/aromatic N) is 4. The second-order valence-electron chi connectivity index (χ2n) is 6.48. The minimum Gasteiger partial charge on any atom is -0.356 e. The lowest BCUT2D eigenvalue weighted by Gasteiger charge is -2.32. The van der Waals surface area contributed by atoms with Crippen molar-refractivity contribution in [3.63, 3.8) is 0 Å². The first-order chi connectivity index (χ1) is 11.8. The van der Waals surface area contributed by atoms with Crippen LogP contribution in [0.1, 0.15) is 59.6 Å². The van der Waals surface area contributed by atoms with Gasteiger partial charge in [0, 0.05) is 38.2 Å². The molecule has 1 saturated carbocycles. The molecule has 7 heteroatoms. The third-order valence-electron chi connectivity index (χ3n) is 4.80. The van der Waals surface area contributed by atoms with Crippen LogP contribution < -0.4 is 10.2 Å². The van der Waals surface area contributed by atoms with E-state index in [0.717, 1.165) is 43.5 Å². The summed E-state index contributed by atoms with van der Waals surface area (Å²) in [6.45, 7) is 1.66. The van der Waals surface area contributed by atoms with E-state index in [2.05, 4.69) is 25.3 Å². The van der Waals surface area contributed by atoms with Crippen LogP contribution in [0.25, 0.3) is 0 Å². The maximum Gasteiger partial charge on any atom is 0.254 e. The lowest BCUT2D eigenvalue weighted by Crippen LogP contribution is -2.35. The van der Waals surface area contributed by atoms with E-state index in [1.54, 1.807) is 19.3 Å². The third-order valence-corrected chi connectivity index (χ3v) is 4.80. The van der Waals surface area contributed by atoms with Crippen LogP contribution in [0.4, 0.5) is 5.82 Å². The molecule has 4 rings (SSSR count). The molecule has 126 valence electrons. The van der Waals surface area contributed by atoms with Crippen LogP contribution in [-0.2, 0) is 0 Å². The molecule has 1 aliphatic heterocycles. The van der Waals surface area contributed by atoms with Gasteiger partial charge in [0.25, 0.3) is 5.91 Å². The number of nitrogens with one attached hydrogen (secondary N) is 1. The second-order valence-corrected chi connectivity index (χ2v) is 6.48. The zero-order valence-corrected chi connectivity index (χ0v) is 13.7. The SMILES string of the molecule is CNC(=O)c1cccnc1N1CCC(c2noc(C3CC3)n2)CC1. The van der Waals surface area contributed by atoms with E-state index in [1.165, 1.54) is 12.8 Å². The lowest BCUT2D eigenvalue weighted by atomic mass is 9.96. The van der Waals surface area contributed by atoms with Gasteiger partial charge in [-0.2, -0.15) is 4.98 Å². The van der Waals surface area contributed by atoms with Crippen LogP contribution in [0.2, 0.25) is 0 Å².